The number of sulfonamides is 1. The summed E-state index contributed by atoms with van der Waals surface area (Å²) in [4.78, 5) is 12.2. The Morgan fingerprint density at radius 2 is 2.24 bits per heavy atom. The standard InChI is InChI=1S/C12H20N4O4S/c1-4-13-12(17)10-7-20-6-5-16(10)21(18,19)11-8(2)14-15-9(11)3/h10H,4-7H2,1-3H3,(H,13,17)(H,14,15). The number of morpholine rings is 1. The van der Waals surface area contributed by atoms with Crippen LogP contribution in [-0.2, 0) is 19.6 Å². The van der Waals surface area contributed by atoms with Gasteiger partial charge in [0.1, 0.15) is 10.9 Å². The Balaban J connectivity index is 2.39. The Morgan fingerprint density at radius 1 is 1.52 bits per heavy atom. The average molecular weight is 316 g/mol. The quantitative estimate of drug-likeness (QED) is 0.783. The highest BCUT2D eigenvalue weighted by molar-refractivity contribution is 7.89. The summed E-state index contributed by atoms with van der Waals surface area (Å²) in [5.41, 5.74) is 0.863. The first-order valence-corrected chi connectivity index (χ1v) is 8.22. The van der Waals surface area contributed by atoms with Gasteiger partial charge in [0.05, 0.1) is 24.6 Å². The smallest absolute Gasteiger partial charge is 0.247 e. The van der Waals surface area contributed by atoms with Crippen LogP contribution in [0.15, 0.2) is 4.90 Å². The van der Waals surface area contributed by atoms with Gasteiger partial charge in [-0.15, -0.1) is 0 Å². The number of aromatic nitrogens is 2. The normalized spacial score (nSPS) is 20.4. The van der Waals surface area contributed by atoms with Crippen LogP contribution in [0, 0.1) is 13.8 Å². The lowest BCUT2D eigenvalue weighted by atomic mass is 10.2. The lowest BCUT2D eigenvalue weighted by Crippen LogP contribution is -2.55. The monoisotopic (exact) mass is 316 g/mol. The summed E-state index contributed by atoms with van der Waals surface area (Å²) in [6.45, 7) is 5.96. The van der Waals surface area contributed by atoms with E-state index in [1.807, 2.05) is 0 Å². The van der Waals surface area contributed by atoms with Crippen molar-refractivity contribution in [3.05, 3.63) is 11.4 Å². The Labute approximate surface area is 123 Å². The topological polar surface area (TPSA) is 104 Å². The number of rotatable bonds is 4. The van der Waals surface area contributed by atoms with Gasteiger partial charge >= 0.3 is 0 Å². The first-order chi connectivity index (χ1) is 9.89. The van der Waals surface area contributed by atoms with Crippen molar-refractivity contribution in [2.45, 2.75) is 31.7 Å². The highest BCUT2D eigenvalue weighted by Crippen LogP contribution is 2.24. The molecule has 1 aliphatic heterocycles. The minimum Gasteiger partial charge on any atom is -0.378 e. The van der Waals surface area contributed by atoms with Crippen molar-refractivity contribution in [1.82, 2.24) is 19.8 Å². The molecule has 2 heterocycles. The second kappa shape index (κ2) is 6.12. The Hall–Kier alpha value is -1.45. The predicted octanol–water partition coefficient (Wildman–Crippen LogP) is -0.448. The van der Waals surface area contributed by atoms with Crippen LogP contribution in [0.2, 0.25) is 0 Å². The van der Waals surface area contributed by atoms with Gasteiger partial charge in [-0.2, -0.15) is 9.40 Å². The molecule has 0 spiro atoms. The van der Waals surface area contributed by atoms with Crippen LogP contribution in [0.5, 0.6) is 0 Å². The molecule has 8 nitrogen and oxygen atoms in total. The fourth-order valence-corrected chi connectivity index (χ4v) is 4.31. The molecular weight excluding hydrogens is 296 g/mol. The van der Waals surface area contributed by atoms with Crippen LogP contribution >= 0.6 is 0 Å². The predicted molar refractivity (Wildman–Crippen MR) is 75.2 cm³/mol. The van der Waals surface area contributed by atoms with Crippen molar-refractivity contribution in [2.75, 3.05) is 26.3 Å². The highest BCUT2D eigenvalue weighted by Gasteiger charge is 2.40. The zero-order chi connectivity index (χ0) is 15.6. The van der Waals surface area contributed by atoms with Crippen molar-refractivity contribution < 1.29 is 17.9 Å². The minimum atomic E-state index is -3.79. The second-order valence-corrected chi connectivity index (χ2v) is 6.69. The van der Waals surface area contributed by atoms with Crippen LogP contribution in [0.25, 0.3) is 0 Å². The zero-order valence-corrected chi connectivity index (χ0v) is 13.2. The van der Waals surface area contributed by atoms with Gasteiger partial charge < -0.3 is 10.1 Å². The van der Waals surface area contributed by atoms with Crippen LogP contribution in [-0.4, -0.2) is 61.2 Å². The van der Waals surface area contributed by atoms with Crippen LogP contribution in [0.4, 0.5) is 0 Å². The molecule has 1 amide bonds. The van der Waals surface area contributed by atoms with E-state index in [9.17, 15) is 13.2 Å². The number of ether oxygens (including phenoxy) is 1. The summed E-state index contributed by atoms with van der Waals surface area (Å²) in [5, 5.41) is 9.23. The van der Waals surface area contributed by atoms with Gasteiger partial charge in [-0.3, -0.25) is 9.89 Å². The molecule has 0 aromatic carbocycles. The van der Waals surface area contributed by atoms with Gasteiger partial charge in [-0.25, -0.2) is 8.42 Å². The van der Waals surface area contributed by atoms with E-state index in [0.717, 1.165) is 0 Å². The van der Waals surface area contributed by atoms with E-state index in [1.54, 1.807) is 20.8 Å². The van der Waals surface area contributed by atoms with Gasteiger partial charge in [-0.05, 0) is 20.8 Å². The van der Waals surface area contributed by atoms with Crippen molar-refractivity contribution in [3.8, 4) is 0 Å². The highest BCUT2D eigenvalue weighted by atomic mass is 32.2. The molecule has 1 aliphatic rings. The van der Waals surface area contributed by atoms with Crippen molar-refractivity contribution in [2.24, 2.45) is 0 Å². The largest absolute Gasteiger partial charge is 0.378 e. The summed E-state index contributed by atoms with van der Waals surface area (Å²) in [6.07, 6.45) is 0. The lowest BCUT2D eigenvalue weighted by molar-refractivity contribution is -0.129. The van der Waals surface area contributed by atoms with Gasteiger partial charge in [-0.1, -0.05) is 0 Å². The molecule has 1 unspecified atom stereocenters. The number of H-pyrrole nitrogens is 1. The van der Waals surface area contributed by atoms with E-state index >= 15 is 0 Å². The lowest BCUT2D eigenvalue weighted by Gasteiger charge is -2.33. The summed E-state index contributed by atoms with van der Waals surface area (Å²) in [5.74, 6) is -0.348. The van der Waals surface area contributed by atoms with Crippen LogP contribution < -0.4 is 5.32 Å². The van der Waals surface area contributed by atoms with Gasteiger partial charge in [0.15, 0.2) is 0 Å². The SMILES string of the molecule is CCNC(=O)C1COCCN1S(=O)(=O)c1c(C)n[nH]c1C. The maximum Gasteiger partial charge on any atom is 0.247 e. The zero-order valence-electron chi connectivity index (χ0n) is 12.3. The number of amides is 1. The van der Waals surface area contributed by atoms with Crippen LogP contribution in [0.1, 0.15) is 18.3 Å². The number of hydrogen-bond acceptors (Lipinski definition) is 5. The summed E-state index contributed by atoms with van der Waals surface area (Å²) < 4.78 is 32.1. The number of aryl methyl sites for hydroxylation is 2. The van der Waals surface area contributed by atoms with E-state index in [1.165, 1.54) is 4.31 Å². The fraction of sp³-hybridized carbons (Fsp3) is 0.667. The van der Waals surface area contributed by atoms with E-state index in [4.69, 9.17) is 4.74 Å². The van der Waals surface area contributed by atoms with E-state index < -0.39 is 16.1 Å². The molecule has 9 heteroatoms. The fourth-order valence-electron chi connectivity index (χ4n) is 2.41. The first-order valence-electron chi connectivity index (χ1n) is 6.78. The minimum absolute atomic E-state index is 0.0566. The Kier molecular flexibility index (Phi) is 4.64. The van der Waals surface area contributed by atoms with Crippen molar-refractivity contribution in [3.63, 3.8) is 0 Å². The summed E-state index contributed by atoms with van der Waals surface area (Å²) >= 11 is 0. The molecule has 0 bridgehead atoms. The number of aromatic amines is 1. The molecule has 118 valence electrons. The van der Waals surface area contributed by atoms with Crippen LogP contribution in [0.3, 0.4) is 0 Å². The molecular formula is C12H20N4O4S. The van der Waals surface area contributed by atoms with Crippen molar-refractivity contribution in [1.29, 1.82) is 0 Å². The maximum atomic E-state index is 12.8. The third-order valence-electron chi connectivity index (χ3n) is 3.36. The molecule has 21 heavy (non-hydrogen) atoms. The molecule has 2 rings (SSSR count). The Bertz CT molecular complexity index is 606. The summed E-state index contributed by atoms with van der Waals surface area (Å²) in [7, 11) is -3.79. The second-order valence-electron chi connectivity index (χ2n) is 4.86. The molecule has 1 aromatic heterocycles. The molecule has 2 N–H and O–H groups in total. The van der Waals surface area contributed by atoms with E-state index in [2.05, 4.69) is 15.5 Å². The van der Waals surface area contributed by atoms with Gasteiger partial charge in [0.2, 0.25) is 15.9 Å². The number of hydrogen-bond donors (Lipinski definition) is 2. The summed E-state index contributed by atoms with van der Waals surface area (Å²) in [6, 6.07) is -0.850. The third kappa shape index (κ3) is 2.94. The molecule has 1 fully saturated rings. The molecule has 0 saturated carbocycles. The number of nitrogens with one attached hydrogen (secondary N) is 2. The average Bonchev–Trinajstić information content (AvgIpc) is 2.79. The number of carbonyl (C=O) groups is 1. The number of likely N-dealkylation sites (N-methyl/N-ethyl adjacent to an activating group) is 1. The molecule has 1 saturated heterocycles. The molecule has 0 radical (unpaired) electrons. The van der Waals surface area contributed by atoms with Gasteiger partial charge in [0.25, 0.3) is 0 Å². The first kappa shape index (κ1) is 15.9. The van der Waals surface area contributed by atoms with E-state index in [-0.39, 0.29) is 30.6 Å². The number of carbonyl (C=O) groups excluding carboxylic acids is 1. The van der Waals surface area contributed by atoms with Crippen molar-refractivity contribution >= 4 is 15.9 Å². The molecule has 0 aliphatic carbocycles. The Morgan fingerprint density at radius 3 is 2.81 bits per heavy atom. The maximum absolute atomic E-state index is 12.8. The molecule has 1 atom stereocenters. The van der Waals surface area contributed by atoms with E-state index in [0.29, 0.717) is 17.9 Å². The third-order valence-corrected chi connectivity index (χ3v) is 5.53. The van der Waals surface area contributed by atoms with Gasteiger partial charge in [0, 0.05) is 13.1 Å². The number of nitrogens with zero attached hydrogens (tertiary/aromatic N) is 2. The molecule has 1 aromatic rings.